The third kappa shape index (κ3) is 7.48. The maximum Gasteiger partial charge on any atom is 0.132 e. The van der Waals surface area contributed by atoms with Crippen LogP contribution < -0.4 is 9.47 Å². The molecular formula is C89H58O2. The van der Waals surface area contributed by atoms with Crippen molar-refractivity contribution in [1.82, 2.24) is 0 Å². The van der Waals surface area contributed by atoms with Crippen LogP contribution in [0.15, 0.2) is 352 Å². The van der Waals surface area contributed by atoms with Crippen LogP contribution in [0.1, 0.15) is 66.8 Å². The zero-order chi connectivity index (χ0) is 60.1. The Morgan fingerprint density at radius 2 is 0.473 bits per heavy atom. The van der Waals surface area contributed by atoms with Crippen LogP contribution in [-0.4, -0.2) is 0 Å². The van der Waals surface area contributed by atoms with Crippen molar-refractivity contribution < 1.29 is 9.47 Å². The molecule has 0 amide bonds. The van der Waals surface area contributed by atoms with Crippen LogP contribution in [0, 0.1) is 0 Å². The molecule has 2 aliphatic heterocycles. The van der Waals surface area contributed by atoms with Crippen molar-refractivity contribution >= 4 is 21.5 Å². The van der Waals surface area contributed by atoms with E-state index in [2.05, 4.69) is 352 Å². The third-order valence-electron chi connectivity index (χ3n) is 20.0. The highest BCUT2D eigenvalue weighted by atomic mass is 16.5. The summed E-state index contributed by atoms with van der Waals surface area (Å²) in [5.74, 6) is 3.34. The van der Waals surface area contributed by atoms with Gasteiger partial charge >= 0.3 is 0 Å². The first kappa shape index (κ1) is 52.5. The molecule has 15 aromatic rings. The number of para-hydroxylation sites is 2. The molecule has 91 heavy (non-hydrogen) atoms. The molecule has 3 aliphatic rings. The Kier molecular flexibility index (Phi) is 12.0. The zero-order valence-corrected chi connectivity index (χ0v) is 49.8. The number of benzene rings is 15. The van der Waals surface area contributed by atoms with Crippen LogP contribution in [0.5, 0.6) is 23.0 Å². The highest BCUT2D eigenvalue weighted by molar-refractivity contribution is 6.21. The van der Waals surface area contributed by atoms with E-state index in [1.165, 1.54) is 44.5 Å². The SMILES string of the molecule is c1ccc(C2(c3ccccc3)c3ccccc3-c3c(-c4c5cccc(-c6cccc7c6C(c6ccccc6)(c6ccccc6)c6ccccc6O7)c5cc5c(-c6cccc7c6C(c6ccccc6)(c6ccccc6)c6ccccc6O7)cccc45)cccc32)cc1. The second-order valence-corrected chi connectivity index (χ2v) is 24.3. The Labute approximate surface area is 530 Å². The molecule has 426 valence electrons. The highest BCUT2D eigenvalue weighted by Crippen LogP contribution is 2.63. The van der Waals surface area contributed by atoms with Gasteiger partial charge in [0.1, 0.15) is 23.0 Å². The molecule has 15 aromatic carbocycles. The molecule has 2 nitrogen and oxygen atoms in total. The second-order valence-electron chi connectivity index (χ2n) is 24.3. The first-order valence-electron chi connectivity index (χ1n) is 31.6. The molecule has 0 N–H and O–H groups in total. The number of hydrogen-bond donors (Lipinski definition) is 0. The van der Waals surface area contributed by atoms with Gasteiger partial charge in [0.25, 0.3) is 0 Å². The molecule has 0 spiro atoms. The van der Waals surface area contributed by atoms with Gasteiger partial charge in [0.2, 0.25) is 0 Å². The van der Waals surface area contributed by atoms with Crippen LogP contribution in [-0.2, 0) is 16.2 Å². The zero-order valence-electron chi connectivity index (χ0n) is 49.8. The smallest absolute Gasteiger partial charge is 0.132 e. The first-order chi connectivity index (χ1) is 45.2. The minimum Gasteiger partial charge on any atom is -0.457 e. The Hall–Kier alpha value is -11.6. The number of hydrogen-bond acceptors (Lipinski definition) is 2. The van der Waals surface area contributed by atoms with E-state index in [-0.39, 0.29) is 0 Å². The monoisotopic (exact) mass is 1160 g/mol. The summed E-state index contributed by atoms with van der Waals surface area (Å²) in [4.78, 5) is 0. The summed E-state index contributed by atoms with van der Waals surface area (Å²) in [6.07, 6.45) is 0. The predicted molar refractivity (Wildman–Crippen MR) is 372 cm³/mol. The fourth-order valence-electron chi connectivity index (χ4n) is 16.6. The summed E-state index contributed by atoms with van der Waals surface area (Å²) in [7, 11) is 0. The van der Waals surface area contributed by atoms with Crippen molar-refractivity contribution in [2.24, 2.45) is 0 Å². The van der Waals surface area contributed by atoms with E-state index in [1.807, 2.05) is 0 Å². The van der Waals surface area contributed by atoms with E-state index in [0.717, 1.165) is 111 Å². The normalized spacial score (nSPS) is 14.2. The topological polar surface area (TPSA) is 18.5 Å². The molecule has 18 rings (SSSR count). The maximum atomic E-state index is 7.22. The van der Waals surface area contributed by atoms with Crippen LogP contribution >= 0.6 is 0 Å². The predicted octanol–water partition coefficient (Wildman–Crippen LogP) is 22.3. The molecule has 0 fully saturated rings. The minimum absolute atomic E-state index is 0.615. The van der Waals surface area contributed by atoms with Crippen molar-refractivity contribution in [1.29, 1.82) is 0 Å². The van der Waals surface area contributed by atoms with E-state index in [9.17, 15) is 0 Å². The van der Waals surface area contributed by atoms with Gasteiger partial charge in [-0.05, 0) is 141 Å². The van der Waals surface area contributed by atoms with Crippen LogP contribution in [0.4, 0.5) is 0 Å². The Morgan fingerprint density at radius 3 is 0.901 bits per heavy atom. The molecule has 2 heterocycles. The van der Waals surface area contributed by atoms with E-state index in [4.69, 9.17) is 9.47 Å². The average Bonchev–Trinajstić information content (AvgIpc) is 1.70. The molecule has 0 radical (unpaired) electrons. The van der Waals surface area contributed by atoms with Gasteiger partial charge in [-0.25, -0.2) is 0 Å². The van der Waals surface area contributed by atoms with Crippen LogP contribution in [0.3, 0.4) is 0 Å². The quantitative estimate of drug-likeness (QED) is 0.134. The van der Waals surface area contributed by atoms with Gasteiger partial charge in [-0.2, -0.15) is 0 Å². The fraction of sp³-hybridized carbons (Fsp3) is 0.0337. The van der Waals surface area contributed by atoms with E-state index in [0.29, 0.717) is 0 Å². The summed E-state index contributed by atoms with van der Waals surface area (Å²) in [6, 6.07) is 130. The standard InChI is InChI=1S/C89H58O2/c1-7-30-59(31-8-1)87(60-32-9-2-10-33-60)75-50-20-19-42-71(75)84-72(49-27-53-78(84)87)83-67-45-25-43-65(69-47-28-56-81-85(69)88(61-34-11-3-12-35-61,62-36-13-4-14-37-62)76-51-21-23-54-79(76)90-81)73(67)58-74-66(44-26-46-68(74)83)70-48-29-57-82-86(70)89(63-38-15-5-16-39-63,64-40-17-6-18-41-64)77-52-22-24-55-80(77)91-82/h1-58H. The van der Waals surface area contributed by atoms with E-state index < -0.39 is 16.2 Å². The lowest BCUT2D eigenvalue weighted by molar-refractivity contribution is 0.435. The van der Waals surface area contributed by atoms with Gasteiger partial charge in [-0.15, -0.1) is 0 Å². The molecule has 1 aliphatic carbocycles. The lowest BCUT2D eigenvalue weighted by Crippen LogP contribution is -2.34. The summed E-state index contributed by atoms with van der Waals surface area (Å²) < 4.78 is 14.4. The van der Waals surface area contributed by atoms with Crippen molar-refractivity contribution in [3.8, 4) is 67.5 Å². The van der Waals surface area contributed by atoms with Gasteiger partial charge in [-0.1, -0.05) is 322 Å². The highest BCUT2D eigenvalue weighted by Gasteiger charge is 2.50. The summed E-state index contributed by atoms with van der Waals surface area (Å²) in [5, 5.41) is 4.56. The molecular weight excluding hydrogens is 1100 g/mol. The largest absolute Gasteiger partial charge is 0.457 e. The molecule has 0 saturated carbocycles. The van der Waals surface area contributed by atoms with E-state index in [1.54, 1.807) is 0 Å². The van der Waals surface area contributed by atoms with Crippen LogP contribution in [0.2, 0.25) is 0 Å². The lowest BCUT2D eigenvalue weighted by atomic mass is 9.62. The molecule has 2 heteroatoms. The lowest BCUT2D eigenvalue weighted by Gasteiger charge is -2.43. The van der Waals surface area contributed by atoms with Gasteiger partial charge < -0.3 is 9.47 Å². The summed E-state index contributed by atoms with van der Waals surface area (Å²) >= 11 is 0. The first-order valence-corrected chi connectivity index (χ1v) is 31.6. The Bertz CT molecular complexity index is 4970. The van der Waals surface area contributed by atoms with Crippen molar-refractivity contribution in [2.45, 2.75) is 16.2 Å². The number of ether oxygens (including phenoxy) is 2. The molecule has 0 bridgehead atoms. The van der Waals surface area contributed by atoms with Gasteiger partial charge in [0.15, 0.2) is 0 Å². The van der Waals surface area contributed by atoms with Gasteiger partial charge in [-0.3, -0.25) is 0 Å². The van der Waals surface area contributed by atoms with Crippen LogP contribution in [0.25, 0.3) is 66.1 Å². The molecule has 0 saturated heterocycles. The minimum atomic E-state index is -0.782. The Balaban J connectivity index is 1.00. The third-order valence-corrected chi connectivity index (χ3v) is 20.0. The molecule has 0 unspecified atom stereocenters. The Morgan fingerprint density at radius 1 is 0.176 bits per heavy atom. The fourth-order valence-corrected chi connectivity index (χ4v) is 16.6. The van der Waals surface area contributed by atoms with Gasteiger partial charge in [0.05, 0.1) is 16.2 Å². The van der Waals surface area contributed by atoms with E-state index >= 15 is 0 Å². The molecule has 0 atom stereocenters. The average molecular weight is 1160 g/mol. The maximum absolute atomic E-state index is 7.22. The van der Waals surface area contributed by atoms with Crippen molar-refractivity contribution in [3.05, 3.63) is 419 Å². The second kappa shape index (κ2) is 20.8. The number of rotatable bonds is 9. The van der Waals surface area contributed by atoms with Gasteiger partial charge in [0, 0.05) is 22.3 Å². The van der Waals surface area contributed by atoms with Crippen molar-refractivity contribution in [2.75, 3.05) is 0 Å². The number of fused-ring (bicyclic) bond motifs is 9. The summed E-state index contributed by atoms with van der Waals surface area (Å²) in [5.41, 5.74) is 21.1. The molecule has 0 aromatic heterocycles. The summed E-state index contributed by atoms with van der Waals surface area (Å²) in [6.45, 7) is 0. The van der Waals surface area contributed by atoms with Crippen molar-refractivity contribution in [3.63, 3.8) is 0 Å².